The molecule has 4 rings (SSSR count). The molecule has 1 fully saturated rings. The number of H-pyrrole nitrogens is 1. The largest absolute Gasteiger partial charge is 0.495 e. The first kappa shape index (κ1) is 21.8. The molecule has 3 heterocycles. The lowest BCUT2D eigenvalue weighted by atomic mass is 9.96. The summed E-state index contributed by atoms with van der Waals surface area (Å²) in [6, 6.07) is 15.2. The highest BCUT2D eigenvalue weighted by Gasteiger charge is 2.40. The Kier molecular flexibility index (Phi) is 6.41. The minimum Gasteiger partial charge on any atom is -0.495 e. The molecule has 7 nitrogen and oxygen atoms in total. The number of thiocarbonyl (C=S) groups is 1. The minimum atomic E-state index is -0.102. The molecular weight excluding hydrogens is 422 g/mol. The molecule has 32 heavy (non-hydrogen) atoms. The molecule has 0 unspecified atom stereocenters. The van der Waals surface area contributed by atoms with Crippen LogP contribution in [0.1, 0.15) is 41.1 Å². The van der Waals surface area contributed by atoms with Gasteiger partial charge in [0.15, 0.2) is 5.11 Å². The predicted molar refractivity (Wildman–Crippen MR) is 129 cm³/mol. The van der Waals surface area contributed by atoms with Crippen LogP contribution in [0.5, 0.6) is 5.75 Å². The summed E-state index contributed by atoms with van der Waals surface area (Å²) in [6.07, 6.45) is 2.07. The molecule has 2 aromatic heterocycles. The van der Waals surface area contributed by atoms with E-state index < -0.39 is 0 Å². The Morgan fingerprint density at radius 1 is 1.22 bits per heavy atom. The summed E-state index contributed by atoms with van der Waals surface area (Å²) in [5, 5.41) is 6.99. The number of nitrogens with one attached hydrogen (secondary N) is 3. The number of carbonyl (C=O) groups is 1. The monoisotopic (exact) mass is 449 g/mol. The Labute approximate surface area is 193 Å². The highest BCUT2D eigenvalue weighted by molar-refractivity contribution is 7.80. The van der Waals surface area contributed by atoms with Crippen LogP contribution in [0.4, 0.5) is 5.69 Å². The molecule has 3 N–H and O–H groups in total. The van der Waals surface area contributed by atoms with Crippen LogP contribution in [-0.4, -0.2) is 39.5 Å². The second-order valence-corrected chi connectivity index (χ2v) is 8.24. The van der Waals surface area contributed by atoms with Crippen molar-refractivity contribution >= 4 is 28.9 Å². The molecule has 0 spiro atoms. The number of hydrogen-bond donors (Lipinski definition) is 3. The van der Waals surface area contributed by atoms with Gasteiger partial charge in [-0.15, -0.1) is 0 Å². The first-order chi connectivity index (χ1) is 15.5. The summed E-state index contributed by atoms with van der Waals surface area (Å²) in [4.78, 5) is 22.8. The van der Waals surface area contributed by atoms with Crippen molar-refractivity contribution in [3.8, 4) is 5.75 Å². The molecule has 1 aliphatic rings. The van der Waals surface area contributed by atoms with Crippen molar-refractivity contribution in [3.05, 3.63) is 77.4 Å². The van der Waals surface area contributed by atoms with Gasteiger partial charge in [-0.1, -0.05) is 18.2 Å². The summed E-state index contributed by atoms with van der Waals surface area (Å²) in [5.41, 5.74) is 4.89. The van der Waals surface area contributed by atoms with E-state index in [9.17, 15) is 4.79 Å². The molecule has 2 atom stereocenters. The summed E-state index contributed by atoms with van der Waals surface area (Å²) in [6.45, 7) is 4.58. The second-order valence-electron chi connectivity index (χ2n) is 7.85. The van der Waals surface area contributed by atoms with Gasteiger partial charge in [0.25, 0.3) is 0 Å². The number of amides is 1. The molecule has 0 saturated carbocycles. The van der Waals surface area contributed by atoms with Crippen LogP contribution in [0, 0.1) is 13.8 Å². The first-order valence-corrected chi connectivity index (χ1v) is 11.0. The summed E-state index contributed by atoms with van der Waals surface area (Å²) >= 11 is 5.69. The fourth-order valence-corrected chi connectivity index (χ4v) is 4.55. The van der Waals surface area contributed by atoms with Gasteiger partial charge in [-0.2, -0.15) is 0 Å². The van der Waals surface area contributed by atoms with Gasteiger partial charge in [0, 0.05) is 30.6 Å². The van der Waals surface area contributed by atoms with E-state index in [4.69, 9.17) is 17.0 Å². The van der Waals surface area contributed by atoms with E-state index in [1.165, 1.54) is 0 Å². The highest BCUT2D eigenvalue weighted by Crippen LogP contribution is 2.40. The maximum atomic E-state index is 12.7. The number of anilines is 1. The number of hydrogen-bond acceptors (Lipinski definition) is 4. The molecule has 8 heteroatoms. The number of methoxy groups -OCH3 is 1. The smallest absolute Gasteiger partial charge is 0.226 e. The van der Waals surface area contributed by atoms with Crippen LogP contribution in [0.15, 0.2) is 54.7 Å². The zero-order chi connectivity index (χ0) is 22.7. The summed E-state index contributed by atoms with van der Waals surface area (Å²) in [7, 11) is 1.59. The van der Waals surface area contributed by atoms with E-state index in [0.29, 0.717) is 23.1 Å². The zero-order valence-corrected chi connectivity index (χ0v) is 19.2. The number of pyridine rings is 1. The van der Waals surface area contributed by atoms with Crippen molar-refractivity contribution in [2.24, 2.45) is 0 Å². The van der Waals surface area contributed by atoms with Crippen LogP contribution >= 0.6 is 12.2 Å². The first-order valence-electron chi connectivity index (χ1n) is 10.5. The fourth-order valence-electron chi connectivity index (χ4n) is 4.22. The normalized spacial score (nSPS) is 17.8. The third kappa shape index (κ3) is 4.45. The van der Waals surface area contributed by atoms with Crippen molar-refractivity contribution in [2.45, 2.75) is 32.4 Å². The standard InChI is InChI=1S/C24H27N5O2S/c1-15-14-17(16(2)26-15)23-22(19-9-6-7-12-25-19)28-24(32)29(23)13-11-21(30)27-18-8-4-5-10-20(18)31-3/h4-10,12,14,22-23,26H,11,13H2,1-3H3,(H,27,30)(H,28,32)/t22-,23-/m0/s1. The van der Waals surface area contributed by atoms with Gasteiger partial charge in [0.1, 0.15) is 5.75 Å². The van der Waals surface area contributed by atoms with Crippen LogP contribution in [0.2, 0.25) is 0 Å². The summed E-state index contributed by atoms with van der Waals surface area (Å²) < 4.78 is 5.33. The lowest BCUT2D eigenvalue weighted by Gasteiger charge is -2.27. The molecular formula is C24H27N5O2S. The van der Waals surface area contributed by atoms with Crippen molar-refractivity contribution in [2.75, 3.05) is 19.0 Å². The number of rotatable bonds is 7. The van der Waals surface area contributed by atoms with Crippen LogP contribution in [0.3, 0.4) is 0 Å². The number of aromatic amines is 1. The topological polar surface area (TPSA) is 82.3 Å². The van der Waals surface area contributed by atoms with Gasteiger partial charge in [-0.25, -0.2) is 0 Å². The van der Waals surface area contributed by atoms with Crippen LogP contribution in [0.25, 0.3) is 0 Å². The van der Waals surface area contributed by atoms with Gasteiger partial charge >= 0.3 is 0 Å². The SMILES string of the molecule is COc1ccccc1NC(=O)CCN1C(=S)N[C@@H](c2ccccn2)[C@@H]1c1cc(C)[nH]c1C. The van der Waals surface area contributed by atoms with E-state index in [2.05, 4.69) is 38.5 Å². The average Bonchev–Trinajstić information content (AvgIpc) is 3.30. The number of ether oxygens (including phenoxy) is 1. The van der Waals surface area contributed by atoms with Crippen LogP contribution < -0.4 is 15.4 Å². The maximum Gasteiger partial charge on any atom is 0.226 e. The molecule has 1 aromatic carbocycles. The molecule has 1 aliphatic heterocycles. The second kappa shape index (κ2) is 9.40. The Bertz CT molecular complexity index is 1110. The lowest BCUT2D eigenvalue weighted by Crippen LogP contribution is -2.32. The van der Waals surface area contributed by atoms with E-state index in [-0.39, 0.29) is 24.4 Å². The van der Waals surface area contributed by atoms with Gasteiger partial charge in [0.05, 0.1) is 30.6 Å². The number of aryl methyl sites for hydroxylation is 2. The quantitative estimate of drug-likeness (QED) is 0.473. The lowest BCUT2D eigenvalue weighted by molar-refractivity contribution is -0.116. The summed E-state index contributed by atoms with van der Waals surface area (Å²) in [5.74, 6) is 0.532. The third-order valence-corrected chi connectivity index (χ3v) is 6.02. The van der Waals surface area contributed by atoms with Crippen molar-refractivity contribution in [1.82, 2.24) is 20.2 Å². The minimum absolute atomic E-state index is 0.0681. The molecule has 0 radical (unpaired) electrons. The Hall–Kier alpha value is -3.39. The van der Waals surface area contributed by atoms with Crippen molar-refractivity contribution in [3.63, 3.8) is 0 Å². The third-order valence-electron chi connectivity index (χ3n) is 5.67. The Morgan fingerprint density at radius 2 is 2.00 bits per heavy atom. The molecule has 166 valence electrons. The average molecular weight is 450 g/mol. The molecule has 1 saturated heterocycles. The zero-order valence-electron chi connectivity index (χ0n) is 18.4. The van der Waals surface area contributed by atoms with E-state index in [1.54, 1.807) is 13.3 Å². The van der Waals surface area contributed by atoms with E-state index in [0.717, 1.165) is 22.6 Å². The number of benzene rings is 1. The van der Waals surface area contributed by atoms with E-state index >= 15 is 0 Å². The molecule has 3 aromatic rings. The predicted octanol–water partition coefficient (Wildman–Crippen LogP) is 4.04. The van der Waals surface area contributed by atoms with Gasteiger partial charge in [0.2, 0.25) is 5.91 Å². The van der Waals surface area contributed by atoms with Crippen molar-refractivity contribution < 1.29 is 9.53 Å². The van der Waals surface area contributed by atoms with Gasteiger partial charge in [-0.3, -0.25) is 9.78 Å². The maximum absolute atomic E-state index is 12.7. The van der Waals surface area contributed by atoms with Gasteiger partial charge < -0.3 is 25.3 Å². The van der Waals surface area contributed by atoms with Gasteiger partial charge in [-0.05, 0) is 62.0 Å². The van der Waals surface area contributed by atoms with Crippen LogP contribution in [-0.2, 0) is 4.79 Å². The number of para-hydroxylation sites is 2. The molecule has 1 amide bonds. The number of nitrogens with zero attached hydrogens (tertiary/aromatic N) is 2. The highest BCUT2D eigenvalue weighted by atomic mass is 32.1. The number of carbonyl (C=O) groups excluding carboxylic acids is 1. The molecule has 0 aliphatic carbocycles. The van der Waals surface area contributed by atoms with Crippen molar-refractivity contribution in [1.29, 1.82) is 0 Å². The van der Waals surface area contributed by atoms with E-state index in [1.807, 2.05) is 49.4 Å². The Morgan fingerprint density at radius 3 is 2.69 bits per heavy atom. The fraction of sp³-hybridized carbons (Fsp3) is 0.292. The number of aromatic nitrogens is 2. The Balaban J connectivity index is 1.55. The molecule has 0 bridgehead atoms.